The van der Waals surface area contributed by atoms with Crippen LogP contribution in [0.4, 0.5) is 17.2 Å². The van der Waals surface area contributed by atoms with Gasteiger partial charge in [-0.1, -0.05) is 49.1 Å². The highest BCUT2D eigenvalue weighted by atomic mass is 35.5. The van der Waals surface area contributed by atoms with Gasteiger partial charge >= 0.3 is 0 Å². The summed E-state index contributed by atoms with van der Waals surface area (Å²) in [4.78, 5) is 34.4. The predicted octanol–water partition coefficient (Wildman–Crippen LogP) is 7.75. The molecule has 0 aliphatic carbocycles. The first-order valence-corrected chi connectivity index (χ1v) is 17.8. The number of nitrogens with zero attached hydrogens (tertiary/aromatic N) is 3. The molecule has 0 radical (unpaired) electrons. The molecule has 13 heteroatoms. The third-order valence-corrected chi connectivity index (χ3v) is 13.9. The number of hydrogen-bond acceptors (Lipinski definition) is 8. The van der Waals surface area contributed by atoms with Crippen molar-refractivity contribution in [2.45, 2.75) is 43.2 Å². The van der Waals surface area contributed by atoms with Crippen LogP contribution in [0.25, 0.3) is 4.95 Å². The third kappa shape index (κ3) is 7.59. The van der Waals surface area contributed by atoms with Crippen molar-refractivity contribution in [3.05, 3.63) is 62.0 Å². The van der Waals surface area contributed by atoms with Crippen LogP contribution in [-0.4, -0.2) is 44.5 Å². The number of thiophene rings is 1. The molecular formula is C25H30ClN5O3S3Si. The summed E-state index contributed by atoms with van der Waals surface area (Å²) in [6.45, 7) is 19.4. The Morgan fingerprint density at radius 3 is 2.37 bits per heavy atom. The van der Waals surface area contributed by atoms with Crippen molar-refractivity contribution >= 4 is 83.4 Å². The van der Waals surface area contributed by atoms with Crippen LogP contribution in [0, 0.1) is 6.57 Å². The second kappa shape index (κ2) is 12.6. The predicted molar refractivity (Wildman–Crippen MR) is 163 cm³/mol. The van der Waals surface area contributed by atoms with Gasteiger partial charge in [0.2, 0.25) is 0 Å². The quantitative estimate of drug-likeness (QED) is 0.106. The summed E-state index contributed by atoms with van der Waals surface area (Å²) < 4.78 is 7.36. The molecule has 0 aliphatic rings. The standard InChI is InChI=1S/C25H30ClN5O3S3Si/c1-25(2,3)38(6,7)34-15-14-31(27-4)17-10-8-16(9-11-17)28-23(33)20-21(30-24(35-5)37-20)29-22(32)18-12-13-19(26)36-18/h8-13H,14-15H2,1-3,5-7H3,(H,28,33)(H,29,32). The van der Waals surface area contributed by atoms with Crippen LogP contribution < -0.4 is 15.6 Å². The van der Waals surface area contributed by atoms with Gasteiger partial charge in [0, 0.05) is 5.69 Å². The van der Waals surface area contributed by atoms with Crippen LogP contribution in [0.15, 0.2) is 40.7 Å². The van der Waals surface area contributed by atoms with Gasteiger partial charge in [-0.05, 0) is 60.8 Å². The fourth-order valence-electron chi connectivity index (χ4n) is 2.98. The smallest absolute Gasteiger partial charge is 0.269 e. The number of halogens is 1. The number of amides is 2. The molecule has 8 nitrogen and oxygen atoms in total. The minimum Gasteiger partial charge on any atom is -0.415 e. The Morgan fingerprint density at radius 1 is 1.13 bits per heavy atom. The van der Waals surface area contributed by atoms with Gasteiger partial charge in [0.15, 0.2) is 18.5 Å². The van der Waals surface area contributed by atoms with E-state index in [1.807, 2.05) is 6.26 Å². The fraction of sp³-hybridized carbons (Fsp3) is 0.360. The number of thioether (sulfide) groups is 1. The maximum Gasteiger partial charge on any atom is 0.269 e. The number of thiazole rings is 1. The summed E-state index contributed by atoms with van der Waals surface area (Å²) in [6, 6.07) is 10.3. The van der Waals surface area contributed by atoms with Gasteiger partial charge in [-0.3, -0.25) is 9.59 Å². The minimum atomic E-state index is -1.89. The van der Waals surface area contributed by atoms with Crippen LogP contribution in [0.5, 0.6) is 0 Å². The van der Waals surface area contributed by atoms with Gasteiger partial charge in [-0.15, -0.1) is 22.7 Å². The zero-order valence-electron chi connectivity index (χ0n) is 22.0. The van der Waals surface area contributed by atoms with E-state index in [4.69, 9.17) is 22.6 Å². The molecule has 2 heterocycles. The van der Waals surface area contributed by atoms with E-state index in [2.05, 4.69) is 54.4 Å². The van der Waals surface area contributed by atoms with Gasteiger partial charge in [-0.25, -0.2) is 4.98 Å². The molecule has 1 aromatic carbocycles. The minimum absolute atomic E-state index is 0.102. The highest BCUT2D eigenvalue weighted by molar-refractivity contribution is 8.00. The van der Waals surface area contributed by atoms with E-state index in [1.165, 1.54) is 23.1 Å². The van der Waals surface area contributed by atoms with Gasteiger partial charge < -0.3 is 15.1 Å². The zero-order valence-corrected chi connectivity index (χ0v) is 26.3. The summed E-state index contributed by atoms with van der Waals surface area (Å²) >= 11 is 9.67. The average Bonchev–Trinajstić information content (AvgIpc) is 3.48. The maximum atomic E-state index is 13.1. The summed E-state index contributed by atoms with van der Waals surface area (Å²) in [5, 5.41) is 7.23. The summed E-state index contributed by atoms with van der Waals surface area (Å²) in [5.74, 6) is -0.571. The molecule has 202 valence electrons. The van der Waals surface area contributed by atoms with Crippen molar-refractivity contribution in [3.63, 3.8) is 0 Å². The van der Waals surface area contributed by atoms with Crippen LogP contribution in [-0.2, 0) is 4.43 Å². The Morgan fingerprint density at radius 2 is 1.82 bits per heavy atom. The van der Waals surface area contributed by atoms with E-state index in [9.17, 15) is 9.59 Å². The number of benzene rings is 1. The summed E-state index contributed by atoms with van der Waals surface area (Å²) in [7, 11) is -1.89. The summed E-state index contributed by atoms with van der Waals surface area (Å²) in [5.41, 5.74) is 1.27. The number of carbonyl (C=O) groups is 2. The second-order valence-corrected chi connectivity index (χ2v) is 18.3. The lowest BCUT2D eigenvalue weighted by Crippen LogP contribution is -2.42. The van der Waals surface area contributed by atoms with Crippen molar-refractivity contribution in [1.82, 2.24) is 4.98 Å². The van der Waals surface area contributed by atoms with E-state index in [0.717, 1.165) is 11.3 Å². The number of hydrogen-bond donors (Lipinski definition) is 2. The molecule has 0 aliphatic heterocycles. The Kier molecular flexibility index (Phi) is 10.0. The lowest BCUT2D eigenvalue weighted by Gasteiger charge is -2.36. The second-order valence-electron chi connectivity index (χ2n) is 9.75. The Labute approximate surface area is 241 Å². The normalized spacial score (nSPS) is 11.6. The molecule has 38 heavy (non-hydrogen) atoms. The number of rotatable bonds is 10. The van der Waals surface area contributed by atoms with E-state index in [-0.39, 0.29) is 22.7 Å². The van der Waals surface area contributed by atoms with Gasteiger partial charge in [0.05, 0.1) is 15.8 Å². The molecule has 2 aromatic heterocycles. The van der Waals surface area contributed by atoms with E-state index < -0.39 is 8.32 Å². The first-order valence-electron chi connectivity index (χ1n) is 11.7. The highest BCUT2D eigenvalue weighted by Crippen LogP contribution is 2.36. The van der Waals surface area contributed by atoms with Crippen molar-refractivity contribution in [2.24, 2.45) is 0 Å². The first kappa shape index (κ1) is 30.1. The lowest BCUT2D eigenvalue weighted by atomic mass is 10.2. The number of carbonyl (C=O) groups excluding carboxylic acids is 2. The van der Waals surface area contributed by atoms with E-state index in [0.29, 0.717) is 43.0 Å². The molecule has 2 N–H and O–H groups in total. The Balaban J connectivity index is 1.66. The SMILES string of the molecule is [C-]#[N+]N(CCO[Si](C)(C)C(C)(C)C)c1ccc(NC(=O)c2sc(SC)nc2NC(=O)c2ccc(Cl)s2)cc1. The largest absolute Gasteiger partial charge is 0.415 e. The lowest BCUT2D eigenvalue weighted by molar-refractivity contribution is 0.102. The van der Waals surface area contributed by atoms with Crippen molar-refractivity contribution in [3.8, 4) is 0 Å². The Hall–Kier alpha value is -2.40. The number of nitrogens with one attached hydrogen (secondary N) is 2. The van der Waals surface area contributed by atoms with Gasteiger partial charge in [0.1, 0.15) is 17.1 Å². The molecule has 3 rings (SSSR count). The van der Waals surface area contributed by atoms with Gasteiger partial charge in [0.25, 0.3) is 11.8 Å². The molecule has 2 amide bonds. The molecule has 0 spiro atoms. The molecule has 0 unspecified atom stereocenters. The number of aromatic nitrogens is 1. The number of anilines is 3. The van der Waals surface area contributed by atoms with Crippen LogP contribution >= 0.6 is 46.0 Å². The molecule has 0 saturated heterocycles. The maximum absolute atomic E-state index is 13.1. The van der Waals surface area contributed by atoms with Crippen LogP contribution in [0.2, 0.25) is 22.5 Å². The average molecular weight is 608 g/mol. The zero-order chi connectivity index (χ0) is 28.1. The third-order valence-electron chi connectivity index (χ3n) is 6.13. The molecule has 3 aromatic rings. The van der Waals surface area contributed by atoms with Crippen molar-refractivity contribution in [1.29, 1.82) is 0 Å². The first-order chi connectivity index (χ1) is 17.8. The molecule has 0 fully saturated rings. The molecule has 0 saturated carbocycles. The van der Waals surface area contributed by atoms with Crippen LogP contribution in [0.1, 0.15) is 40.1 Å². The topological polar surface area (TPSA) is 87.9 Å². The van der Waals surface area contributed by atoms with Crippen molar-refractivity contribution in [2.75, 3.05) is 35.0 Å². The molecule has 0 atom stereocenters. The van der Waals surface area contributed by atoms with E-state index >= 15 is 0 Å². The van der Waals surface area contributed by atoms with Gasteiger partial charge in [-0.2, -0.15) is 11.5 Å². The van der Waals surface area contributed by atoms with Crippen molar-refractivity contribution < 1.29 is 14.0 Å². The van der Waals surface area contributed by atoms with E-state index in [1.54, 1.807) is 41.4 Å². The molecule has 0 bridgehead atoms. The monoisotopic (exact) mass is 607 g/mol. The summed E-state index contributed by atoms with van der Waals surface area (Å²) in [6.07, 6.45) is 1.85. The molecular weight excluding hydrogens is 578 g/mol. The van der Waals surface area contributed by atoms with Crippen LogP contribution in [0.3, 0.4) is 0 Å². The fourth-order valence-corrected chi connectivity index (χ4v) is 6.36. The highest BCUT2D eigenvalue weighted by Gasteiger charge is 2.37. The Bertz CT molecular complexity index is 1330.